The smallest absolute Gasteiger partial charge is 0.270 e. The van der Waals surface area contributed by atoms with E-state index in [0.717, 1.165) is 10.9 Å². The average molecular weight is 274 g/mol. The first-order valence-corrected chi connectivity index (χ1v) is 6.23. The molecule has 3 N–H and O–H groups in total. The van der Waals surface area contributed by atoms with E-state index >= 15 is 0 Å². The van der Waals surface area contributed by atoms with Gasteiger partial charge in [0.05, 0.1) is 17.7 Å². The minimum Gasteiger partial charge on any atom is -0.397 e. The molecule has 106 valence electrons. The molecule has 6 heteroatoms. The zero-order chi connectivity index (χ0) is 14.9. The average Bonchev–Trinajstić information content (AvgIpc) is 2.83. The number of hydrogen-bond donors (Lipinski definition) is 2. The summed E-state index contributed by atoms with van der Waals surface area (Å²) in [5, 5.41) is 0.876. The Hall–Kier alpha value is -2.50. The zero-order valence-corrected chi connectivity index (χ0v) is 11.8. The van der Waals surface area contributed by atoms with Crippen molar-refractivity contribution in [2.24, 2.45) is 0 Å². The van der Waals surface area contributed by atoms with Crippen molar-refractivity contribution in [2.45, 2.75) is 0 Å². The van der Waals surface area contributed by atoms with Crippen LogP contribution in [0.25, 0.3) is 10.9 Å². The molecule has 0 radical (unpaired) electrons. The molecule has 0 aliphatic carbocycles. The molecule has 1 aromatic carbocycles. The molecule has 0 atom stereocenters. The fourth-order valence-electron chi connectivity index (χ4n) is 1.92. The van der Waals surface area contributed by atoms with Crippen molar-refractivity contribution in [1.82, 2.24) is 14.8 Å². The van der Waals surface area contributed by atoms with Gasteiger partial charge in [-0.2, -0.15) is 0 Å². The van der Waals surface area contributed by atoms with Crippen LogP contribution in [0.4, 0.5) is 5.69 Å². The van der Waals surface area contributed by atoms with E-state index in [2.05, 4.69) is 4.98 Å². The highest BCUT2D eigenvalue weighted by molar-refractivity contribution is 6.01. The molecule has 0 fully saturated rings. The molecule has 1 aromatic heterocycles. The van der Waals surface area contributed by atoms with Crippen LogP contribution < -0.4 is 5.73 Å². The first kappa shape index (κ1) is 13.9. The molecule has 2 aromatic rings. The topological polar surface area (TPSA) is 82.4 Å². The molecule has 6 nitrogen and oxygen atoms in total. The number of likely N-dealkylation sites (N-methyl/N-ethyl adjacent to an activating group) is 2. The lowest BCUT2D eigenvalue weighted by molar-refractivity contribution is -0.129. The number of amides is 2. The maximum absolute atomic E-state index is 12.3. The van der Waals surface area contributed by atoms with E-state index in [1.807, 2.05) is 12.1 Å². The number of nitrogens with one attached hydrogen (secondary N) is 1. The number of carbonyl (C=O) groups is 2. The van der Waals surface area contributed by atoms with Gasteiger partial charge in [-0.25, -0.2) is 0 Å². The molecular formula is C14H18N4O2. The van der Waals surface area contributed by atoms with Gasteiger partial charge in [0, 0.05) is 26.5 Å². The molecule has 0 saturated carbocycles. The predicted octanol–water partition coefficient (Wildman–Crippen LogP) is 0.910. The molecule has 0 unspecified atom stereocenters. The van der Waals surface area contributed by atoms with Crippen LogP contribution >= 0.6 is 0 Å². The molecule has 0 aliphatic heterocycles. The van der Waals surface area contributed by atoms with Crippen molar-refractivity contribution in [3.05, 3.63) is 30.0 Å². The Balaban J connectivity index is 2.23. The standard InChI is InChI=1S/C14H18N4O2/c1-17(2)12(19)8-18(3)14(20)11-7-9-5-4-6-10(15)13(9)16-11/h4-7,16H,8,15H2,1-3H3. The van der Waals surface area contributed by atoms with Crippen LogP contribution in [0.3, 0.4) is 0 Å². The summed E-state index contributed by atoms with van der Waals surface area (Å²) in [5.41, 5.74) is 7.60. The number of anilines is 1. The van der Waals surface area contributed by atoms with Crippen molar-refractivity contribution in [3.63, 3.8) is 0 Å². The van der Waals surface area contributed by atoms with E-state index in [1.165, 1.54) is 9.80 Å². The highest BCUT2D eigenvalue weighted by atomic mass is 16.2. The number of hydrogen-bond acceptors (Lipinski definition) is 3. The number of para-hydroxylation sites is 1. The summed E-state index contributed by atoms with van der Waals surface area (Å²) in [7, 11) is 4.91. The Kier molecular flexibility index (Phi) is 3.65. The summed E-state index contributed by atoms with van der Waals surface area (Å²) in [6.45, 7) is 0.0384. The van der Waals surface area contributed by atoms with Crippen LogP contribution in [-0.4, -0.2) is 54.3 Å². The van der Waals surface area contributed by atoms with E-state index in [0.29, 0.717) is 11.4 Å². The minimum atomic E-state index is -0.240. The van der Waals surface area contributed by atoms with Gasteiger partial charge in [0.15, 0.2) is 0 Å². The zero-order valence-electron chi connectivity index (χ0n) is 11.8. The van der Waals surface area contributed by atoms with Crippen molar-refractivity contribution in [3.8, 4) is 0 Å². The van der Waals surface area contributed by atoms with Gasteiger partial charge in [0.2, 0.25) is 5.91 Å². The Morgan fingerprint density at radius 2 is 1.95 bits per heavy atom. The van der Waals surface area contributed by atoms with Crippen LogP contribution in [0, 0.1) is 0 Å². The van der Waals surface area contributed by atoms with Crippen molar-refractivity contribution < 1.29 is 9.59 Å². The molecule has 0 bridgehead atoms. The molecule has 0 spiro atoms. The fourth-order valence-corrected chi connectivity index (χ4v) is 1.92. The second-order valence-electron chi connectivity index (χ2n) is 4.94. The van der Waals surface area contributed by atoms with Gasteiger partial charge in [-0.15, -0.1) is 0 Å². The largest absolute Gasteiger partial charge is 0.397 e. The predicted molar refractivity (Wildman–Crippen MR) is 78.4 cm³/mol. The fraction of sp³-hybridized carbons (Fsp3) is 0.286. The van der Waals surface area contributed by atoms with E-state index in [9.17, 15) is 9.59 Å². The molecule has 0 saturated heterocycles. The number of fused-ring (bicyclic) bond motifs is 1. The van der Waals surface area contributed by atoms with Gasteiger partial charge in [0.1, 0.15) is 5.69 Å². The lowest BCUT2D eigenvalue weighted by Crippen LogP contribution is -2.37. The second kappa shape index (κ2) is 5.24. The van der Waals surface area contributed by atoms with Gasteiger partial charge in [-0.05, 0) is 12.1 Å². The molecule has 20 heavy (non-hydrogen) atoms. The van der Waals surface area contributed by atoms with E-state index in [-0.39, 0.29) is 18.4 Å². The summed E-state index contributed by atoms with van der Waals surface area (Å²) in [6.07, 6.45) is 0. The summed E-state index contributed by atoms with van der Waals surface area (Å²) < 4.78 is 0. The maximum Gasteiger partial charge on any atom is 0.270 e. The highest BCUT2D eigenvalue weighted by Crippen LogP contribution is 2.21. The third kappa shape index (κ3) is 2.59. The van der Waals surface area contributed by atoms with Crippen LogP contribution in [0.1, 0.15) is 10.5 Å². The van der Waals surface area contributed by atoms with Crippen molar-refractivity contribution in [2.75, 3.05) is 33.4 Å². The number of nitrogens with zero attached hydrogens (tertiary/aromatic N) is 2. The SMILES string of the molecule is CN(C)C(=O)CN(C)C(=O)c1cc2cccc(N)c2[nH]1. The molecule has 2 rings (SSSR count). The Morgan fingerprint density at radius 3 is 2.55 bits per heavy atom. The maximum atomic E-state index is 12.3. The van der Waals surface area contributed by atoms with Gasteiger partial charge < -0.3 is 20.5 Å². The number of nitrogen functional groups attached to an aromatic ring is 1. The quantitative estimate of drug-likeness (QED) is 0.816. The normalized spacial score (nSPS) is 10.6. The van der Waals surface area contributed by atoms with Crippen LogP contribution in [-0.2, 0) is 4.79 Å². The first-order chi connectivity index (χ1) is 9.40. The lowest BCUT2D eigenvalue weighted by Gasteiger charge is -2.18. The number of carbonyl (C=O) groups excluding carboxylic acids is 2. The number of aromatic nitrogens is 1. The number of benzene rings is 1. The molecule has 1 heterocycles. The third-order valence-electron chi connectivity index (χ3n) is 3.14. The first-order valence-electron chi connectivity index (χ1n) is 6.23. The molecule has 2 amide bonds. The summed E-state index contributed by atoms with van der Waals surface area (Å²) >= 11 is 0. The lowest BCUT2D eigenvalue weighted by atomic mass is 10.2. The Bertz CT molecular complexity index is 660. The number of nitrogens with two attached hydrogens (primary N) is 1. The summed E-state index contributed by atoms with van der Waals surface area (Å²) in [4.78, 5) is 29.7. The van der Waals surface area contributed by atoms with Crippen molar-refractivity contribution >= 4 is 28.4 Å². The van der Waals surface area contributed by atoms with E-state index in [4.69, 9.17) is 5.73 Å². The van der Waals surface area contributed by atoms with Gasteiger partial charge >= 0.3 is 0 Å². The van der Waals surface area contributed by atoms with Crippen LogP contribution in [0.15, 0.2) is 24.3 Å². The minimum absolute atomic E-state index is 0.0384. The molecular weight excluding hydrogens is 256 g/mol. The number of H-pyrrole nitrogens is 1. The molecule has 0 aliphatic rings. The number of aromatic amines is 1. The number of rotatable bonds is 3. The van der Waals surface area contributed by atoms with Gasteiger partial charge in [-0.3, -0.25) is 9.59 Å². The highest BCUT2D eigenvalue weighted by Gasteiger charge is 2.18. The Morgan fingerprint density at radius 1 is 1.25 bits per heavy atom. The summed E-state index contributed by atoms with van der Waals surface area (Å²) in [6, 6.07) is 7.22. The Labute approximate surface area is 117 Å². The third-order valence-corrected chi connectivity index (χ3v) is 3.14. The van der Waals surface area contributed by atoms with Crippen LogP contribution in [0.2, 0.25) is 0 Å². The van der Waals surface area contributed by atoms with E-state index < -0.39 is 0 Å². The second-order valence-corrected chi connectivity index (χ2v) is 4.94. The van der Waals surface area contributed by atoms with E-state index in [1.54, 1.807) is 33.3 Å². The van der Waals surface area contributed by atoms with Crippen molar-refractivity contribution in [1.29, 1.82) is 0 Å². The van der Waals surface area contributed by atoms with Gasteiger partial charge in [-0.1, -0.05) is 12.1 Å². The summed E-state index contributed by atoms with van der Waals surface area (Å²) in [5.74, 6) is -0.368. The van der Waals surface area contributed by atoms with Gasteiger partial charge in [0.25, 0.3) is 5.91 Å². The monoisotopic (exact) mass is 274 g/mol. The van der Waals surface area contributed by atoms with Crippen LogP contribution in [0.5, 0.6) is 0 Å².